The second-order valence-corrected chi connectivity index (χ2v) is 4.88. The van der Waals surface area contributed by atoms with Gasteiger partial charge in [0, 0.05) is 17.9 Å². The third-order valence-corrected chi connectivity index (χ3v) is 3.95. The monoisotopic (exact) mass is 216 g/mol. The summed E-state index contributed by atoms with van der Waals surface area (Å²) in [5.74, 6) is -0.156. The molecule has 15 heavy (non-hydrogen) atoms. The van der Waals surface area contributed by atoms with E-state index in [0.29, 0.717) is 12.8 Å². The first kappa shape index (κ1) is 12.5. The van der Waals surface area contributed by atoms with E-state index in [1.165, 1.54) is 0 Å². The summed E-state index contributed by atoms with van der Waals surface area (Å²) in [6, 6.07) is 0. The van der Waals surface area contributed by atoms with Crippen LogP contribution >= 0.6 is 0 Å². The molecule has 88 valence electrons. The fourth-order valence-electron chi connectivity index (χ4n) is 2.27. The average Bonchev–Trinajstić information content (AvgIpc) is 2.42. The van der Waals surface area contributed by atoms with E-state index >= 15 is 0 Å². The van der Waals surface area contributed by atoms with Crippen LogP contribution in [0.1, 0.15) is 33.6 Å². The number of hydrogen-bond acceptors (Lipinski definition) is 4. The average molecular weight is 216 g/mol. The number of aliphatic hydroxyl groups is 2. The third-order valence-electron chi connectivity index (χ3n) is 3.95. The molecule has 1 heterocycles. The maximum atomic E-state index is 11.3. The van der Waals surface area contributed by atoms with Crippen molar-refractivity contribution in [2.75, 3.05) is 13.2 Å². The molecular weight excluding hydrogens is 196 g/mol. The number of rotatable bonds is 4. The summed E-state index contributed by atoms with van der Waals surface area (Å²) in [5, 5.41) is 18.5. The molecule has 0 amide bonds. The molecule has 0 bridgehead atoms. The van der Waals surface area contributed by atoms with Gasteiger partial charge in [0.05, 0.1) is 13.0 Å². The summed E-state index contributed by atoms with van der Waals surface area (Å²) in [6.07, 6.45) is 0.815. The number of ether oxygens (including phenoxy) is 1. The number of carbonyl (C=O) groups is 1. The van der Waals surface area contributed by atoms with Gasteiger partial charge in [0.1, 0.15) is 5.60 Å². The molecule has 2 N–H and O–H groups in total. The fourth-order valence-corrected chi connectivity index (χ4v) is 2.27. The molecule has 0 saturated carbocycles. The van der Waals surface area contributed by atoms with Gasteiger partial charge in [-0.3, -0.25) is 4.79 Å². The Bertz CT molecular complexity index is 253. The van der Waals surface area contributed by atoms with Crippen LogP contribution in [-0.4, -0.2) is 35.0 Å². The van der Waals surface area contributed by atoms with Crippen molar-refractivity contribution in [3.05, 3.63) is 0 Å². The van der Waals surface area contributed by atoms with Gasteiger partial charge in [0.15, 0.2) is 0 Å². The number of aliphatic hydroxyl groups excluding tert-OH is 2. The number of hydrogen-bond donors (Lipinski definition) is 2. The molecule has 4 heteroatoms. The topological polar surface area (TPSA) is 66.8 Å². The minimum atomic E-state index is -0.679. The zero-order chi connectivity index (χ0) is 11.7. The predicted molar refractivity (Wildman–Crippen MR) is 55.2 cm³/mol. The molecule has 1 saturated heterocycles. The van der Waals surface area contributed by atoms with E-state index in [1.807, 2.05) is 20.8 Å². The lowest BCUT2D eigenvalue weighted by molar-refractivity contribution is -0.167. The molecule has 0 unspecified atom stereocenters. The highest BCUT2D eigenvalue weighted by Crippen LogP contribution is 2.47. The molecule has 1 fully saturated rings. The molecule has 0 aromatic heterocycles. The molecule has 1 aliphatic heterocycles. The second kappa shape index (κ2) is 4.10. The van der Waals surface area contributed by atoms with Crippen molar-refractivity contribution >= 4 is 5.97 Å². The Morgan fingerprint density at radius 2 is 2.20 bits per heavy atom. The van der Waals surface area contributed by atoms with E-state index in [4.69, 9.17) is 9.84 Å². The van der Waals surface area contributed by atoms with Crippen molar-refractivity contribution in [2.45, 2.75) is 39.2 Å². The normalized spacial score (nSPS) is 35.0. The van der Waals surface area contributed by atoms with Gasteiger partial charge in [0.2, 0.25) is 0 Å². The molecule has 1 rings (SSSR count). The van der Waals surface area contributed by atoms with Gasteiger partial charge in [-0.1, -0.05) is 13.8 Å². The van der Waals surface area contributed by atoms with E-state index in [9.17, 15) is 9.90 Å². The van der Waals surface area contributed by atoms with Crippen LogP contribution in [0.3, 0.4) is 0 Å². The lowest BCUT2D eigenvalue weighted by atomic mass is 9.67. The van der Waals surface area contributed by atoms with Crippen LogP contribution < -0.4 is 0 Å². The molecule has 0 aromatic rings. The largest absolute Gasteiger partial charge is 0.458 e. The summed E-state index contributed by atoms with van der Waals surface area (Å²) in [5.41, 5.74) is -1.26. The first-order chi connectivity index (χ1) is 6.89. The SMILES string of the molecule is C[C@@H]1CC(=O)O[C@]1(C)[C@@](C)(CO)CCO. The lowest BCUT2D eigenvalue weighted by Crippen LogP contribution is -2.50. The van der Waals surface area contributed by atoms with E-state index < -0.39 is 11.0 Å². The Morgan fingerprint density at radius 1 is 1.60 bits per heavy atom. The van der Waals surface area contributed by atoms with Crippen molar-refractivity contribution in [1.82, 2.24) is 0 Å². The van der Waals surface area contributed by atoms with Crippen molar-refractivity contribution < 1.29 is 19.7 Å². The maximum absolute atomic E-state index is 11.3. The van der Waals surface area contributed by atoms with Gasteiger partial charge >= 0.3 is 5.97 Å². The van der Waals surface area contributed by atoms with Gasteiger partial charge < -0.3 is 14.9 Å². The van der Waals surface area contributed by atoms with Crippen molar-refractivity contribution in [2.24, 2.45) is 11.3 Å². The second-order valence-electron chi connectivity index (χ2n) is 4.88. The van der Waals surface area contributed by atoms with Gasteiger partial charge in [-0.2, -0.15) is 0 Å². The van der Waals surface area contributed by atoms with Crippen LogP contribution in [-0.2, 0) is 9.53 Å². The number of carbonyl (C=O) groups excluding carboxylic acids is 1. The number of esters is 1. The maximum Gasteiger partial charge on any atom is 0.306 e. The van der Waals surface area contributed by atoms with E-state index in [1.54, 1.807) is 0 Å². The smallest absolute Gasteiger partial charge is 0.306 e. The number of cyclic esters (lactones) is 1. The molecule has 0 spiro atoms. The highest BCUT2D eigenvalue weighted by atomic mass is 16.6. The van der Waals surface area contributed by atoms with E-state index in [2.05, 4.69) is 0 Å². The summed E-state index contributed by atoms with van der Waals surface area (Å²) < 4.78 is 5.36. The molecule has 4 nitrogen and oxygen atoms in total. The first-order valence-electron chi connectivity index (χ1n) is 5.33. The summed E-state index contributed by atoms with van der Waals surface area (Å²) in [6.45, 7) is 5.52. The Balaban J connectivity index is 2.96. The molecule has 3 atom stereocenters. The predicted octanol–water partition coefficient (Wildman–Crippen LogP) is 0.709. The zero-order valence-electron chi connectivity index (χ0n) is 9.62. The van der Waals surface area contributed by atoms with Gasteiger partial charge in [-0.15, -0.1) is 0 Å². The van der Waals surface area contributed by atoms with E-state index in [-0.39, 0.29) is 25.1 Å². The third kappa shape index (κ3) is 1.88. The fraction of sp³-hybridized carbons (Fsp3) is 0.909. The highest BCUT2D eigenvalue weighted by molar-refractivity contribution is 5.73. The molecule has 0 radical (unpaired) electrons. The van der Waals surface area contributed by atoms with Crippen molar-refractivity contribution in [3.8, 4) is 0 Å². The Morgan fingerprint density at radius 3 is 2.53 bits per heavy atom. The molecule has 1 aliphatic rings. The summed E-state index contributed by atoms with van der Waals surface area (Å²) >= 11 is 0. The zero-order valence-corrected chi connectivity index (χ0v) is 9.62. The molecule has 0 aliphatic carbocycles. The Labute approximate surface area is 90.2 Å². The van der Waals surface area contributed by atoms with Crippen LogP contribution in [0, 0.1) is 11.3 Å². The standard InChI is InChI=1S/C11H20O4/c1-8-6-9(14)15-11(8,3)10(2,7-13)4-5-12/h8,12-13H,4-7H2,1-3H3/t8-,10-,11+/m1/s1. The minimum Gasteiger partial charge on any atom is -0.458 e. The van der Waals surface area contributed by atoms with Crippen LogP contribution in [0.4, 0.5) is 0 Å². The van der Waals surface area contributed by atoms with Crippen LogP contribution in [0.25, 0.3) is 0 Å². The summed E-state index contributed by atoms with van der Waals surface area (Å²) in [7, 11) is 0. The van der Waals surface area contributed by atoms with Gasteiger partial charge in [0.25, 0.3) is 0 Å². The highest BCUT2D eigenvalue weighted by Gasteiger charge is 2.54. The van der Waals surface area contributed by atoms with E-state index in [0.717, 1.165) is 0 Å². The van der Waals surface area contributed by atoms with Crippen LogP contribution in [0.2, 0.25) is 0 Å². The Hall–Kier alpha value is -0.610. The minimum absolute atomic E-state index is 0.0169. The van der Waals surface area contributed by atoms with Crippen molar-refractivity contribution in [3.63, 3.8) is 0 Å². The summed E-state index contributed by atoms with van der Waals surface area (Å²) in [4.78, 5) is 11.3. The molecular formula is C11H20O4. The van der Waals surface area contributed by atoms with Gasteiger partial charge in [-0.25, -0.2) is 0 Å². The van der Waals surface area contributed by atoms with Crippen LogP contribution in [0.5, 0.6) is 0 Å². The van der Waals surface area contributed by atoms with Crippen LogP contribution in [0.15, 0.2) is 0 Å². The lowest BCUT2D eigenvalue weighted by Gasteiger charge is -2.43. The Kier molecular flexibility index (Phi) is 3.41. The first-order valence-corrected chi connectivity index (χ1v) is 5.33. The quantitative estimate of drug-likeness (QED) is 0.679. The van der Waals surface area contributed by atoms with Gasteiger partial charge in [-0.05, 0) is 13.3 Å². The van der Waals surface area contributed by atoms with Crippen molar-refractivity contribution in [1.29, 1.82) is 0 Å². The molecule has 0 aromatic carbocycles.